The number of rotatable bonds is 6. The number of ketones is 1. The van der Waals surface area contributed by atoms with Crippen LogP contribution in [0.15, 0.2) is 11.6 Å². The maximum atomic E-state index is 12.6. The molecule has 0 radical (unpaired) electrons. The Balaban J connectivity index is 1.62. The van der Waals surface area contributed by atoms with E-state index in [9.17, 15) is 13.2 Å². The standard InChI is InChI=1S/C18H29NO3S/c1-17(2)15-8-10-18(17,16(20)12-15)13-23(21,22)19-11-9-14-6-4-3-5-7-14/h6,15,19H,3-5,7-13H2,1-2H3/t15-,18+/m0/s1. The minimum absolute atomic E-state index is 0.0264. The molecule has 0 spiro atoms. The van der Waals surface area contributed by atoms with Crippen molar-refractivity contribution in [1.82, 2.24) is 4.72 Å². The first-order valence-electron chi connectivity index (χ1n) is 8.95. The molecule has 0 heterocycles. The van der Waals surface area contributed by atoms with Crippen molar-refractivity contribution < 1.29 is 13.2 Å². The number of hydrogen-bond acceptors (Lipinski definition) is 3. The second kappa shape index (κ2) is 5.99. The first kappa shape index (κ1) is 17.2. The lowest BCUT2D eigenvalue weighted by Crippen LogP contribution is -2.45. The average molecular weight is 340 g/mol. The van der Waals surface area contributed by atoms with Crippen molar-refractivity contribution in [3.05, 3.63) is 11.6 Å². The maximum absolute atomic E-state index is 12.6. The summed E-state index contributed by atoms with van der Waals surface area (Å²) < 4.78 is 27.9. The molecule has 0 aromatic carbocycles. The lowest BCUT2D eigenvalue weighted by atomic mass is 9.70. The minimum Gasteiger partial charge on any atom is -0.299 e. The molecule has 0 aliphatic heterocycles. The van der Waals surface area contributed by atoms with Crippen LogP contribution in [0.4, 0.5) is 0 Å². The zero-order valence-corrected chi connectivity index (χ0v) is 15.2. The Kier molecular flexibility index (Phi) is 4.47. The highest BCUT2D eigenvalue weighted by Gasteiger charge is 2.65. The van der Waals surface area contributed by atoms with Crippen LogP contribution in [0, 0.1) is 16.7 Å². The molecule has 3 aliphatic rings. The van der Waals surface area contributed by atoms with Crippen LogP contribution in [-0.2, 0) is 14.8 Å². The van der Waals surface area contributed by atoms with E-state index >= 15 is 0 Å². The molecule has 0 saturated heterocycles. The van der Waals surface area contributed by atoms with Crippen molar-refractivity contribution in [1.29, 1.82) is 0 Å². The fourth-order valence-corrected chi connectivity index (χ4v) is 6.82. The molecule has 0 unspecified atom stereocenters. The van der Waals surface area contributed by atoms with Gasteiger partial charge in [-0.1, -0.05) is 25.5 Å². The van der Waals surface area contributed by atoms with E-state index in [0.717, 1.165) is 32.1 Å². The Labute approximate surface area is 140 Å². The number of carbonyl (C=O) groups is 1. The smallest absolute Gasteiger partial charge is 0.212 e. The highest BCUT2D eigenvalue weighted by molar-refractivity contribution is 7.89. The summed E-state index contributed by atoms with van der Waals surface area (Å²) in [5, 5.41) is 0. The Morgan fingerprint density at radius 2 is 2.09 bits per heavy atom. The van der Waals surface area contributed by atoms with Crippen LogP contribution < -0.4 is 4.72 Å². The number of Topliss-reactive ketones (excluding diaryl/α,β-unsaturated/α-hetero) is 1. The normalized spacial score (nSPS) is 33.0. The molecule has 3 aliphatic carbocycles. The summed E-state index contributed by atoms with van der Waals surface area (Å²) >= 11 is 0. The van der Waals surface area contributed by atoms with E-state index in [0.29, 0.717) is 18.9 Å². The minimum atomic E-state index is -3.41. The van der Waals surface area contributed by atoms with Crippen molar-refractivity contribution in [3.63, 3.8) is 0 Å². The van der Waals surface area contributed by atoms with Gasteiger partial charge in [0.1, 0.15) is 5.78 Å². The van der Waals surface area contributed by atoms with Gasteiger partial charge >= 0.3 is 0 Å². The van der Waals surface area contributed by atoms with Gasteiger partial charge in [-0.3, -0.25) is 4.79 Å². The predicted molar refractivity (Wildman–Crippen MR) is 91.5 cm³/mol. The molecule has 2 bridgehead atoms. The highest BCUT2D eigenvalue weighted by atomic mass is 32.2. The molecular weight excluding hydrogens is 310 g/mol. The molecule has 4 nitrogen and oxygen atoms in total. The van der Waals surface area contributed by atoms with E-state index in [-0.39, 0.29) is 17.0 Å². The number of allylic oxidation sites excluding steroid dienone is 1. The lowest BCUT2D eigenvalue weighted by molar-refractivity contribution is -0.128. The van der Waals surface area contributed by atoms with Gasteiger partial charge < -0.3 is 0 Å². The molecule has 23 heavy (non-hydrogen) atoms. The first-order valence-corrected chi connectivity index (χ1v) is 10.6. The fourth-order valence-electron chi connectivity index (χ4n) is 4.98. The van der Waals surface area contributed by atoms with Crippen molar-refractivity contribution in [2.75, 3.05) is 12.3 Å². The van der Waals surface area contributed by atoms with Crippen LogP contribution in [0.5, 0.6) is 0 Å². The largest absolute Gasteiger partial charge is 0.299 e. The molecule has 130 valence electrons. The predicted octanol–water partition coefficient (Wildman–Crippen LogP) is 3.19. The van der Waals surface area contributed by atoms with Crippen LogP contribution in [0.1, 0.15) is 65.2 Å². The number of fused-ring (bicyclic) bond motifs is 2. The second-order valence-corrected chi connectivity index (χ2v) is 9.99. The molecule has 2 atom stereocenters. The molecular formula is C18H29NO3S. The summed E-state index contributed by atoms with van der Waals surface area (Å²) in [4.78, 5) is 12.5. The number of sulfonamides is 1. The van der Waals surface area contributed by atoms with Crippen LogP contribution in [0.25, 0.3) is 0 Å². The van der Waals surface area contributed by atoms with Crippen LogP contribution in [0.2, 0.25) is 0 Å². The third-order valence-corrected chi connectivity index (χ3v) is 8.25. The third-order valence-electron chi connectivity index (χ3n) is 6.73. The van der Waals surface area contributed by atoms with E-state index in [1.165, 1.54) is 18.4 Å². The third kappa shape index (κ3) is 3.02. The zero-order chi connectivity index (χ0) is 16.7. The van der Waals surface area contributed by atoms with E-state index in [1.54, 1.807) is 0 Å². The monoisotopic (exact) mass is 339 g/mol. The van der Waals surface area contributed by atoms with Crippen molar-refractivity contribution in [3.8, 4) is 0 Å². The summed E-state index contributed by atoms with van der Waals surface area (Å²) in [5.41, 5.74) is 0.522. The summed E-state index contributed by atoms with van der Waals surface area (Å²) in [7, 11) is -3.41. The molecule has 0 aromatic heterocycles. The summed E-state index contributed by atoms with van der Waals surface area (Å²) in [5.74, 6) is 0.498. The van der Waals surface area contributed by atoms with Crippen molar-refractivity contribution in [2.24, 2.45) is 16.7 Å². The molecule has 3 rings (SSSR count). The first-order chi connectivity index (χ1) is 10.8. The Morgan fingerprint density at radius 1 is 1.30 bits per heavy atom. The van der Waals surface area contributed by atoms with Gasteiger partial charge in [0, 0.05) is 18.4 Å². The Hall–Kier alpha value is -0.680. The van der Waals surface area contributed by atoms with Crippen LogP contribution in [-0.4, -0.2) is 26.5 Å². The van der Waals surface area contributed by atoms with Crippen molar-refractivity contribution >= 4 is 15.8 Å². The highest BCUT2D eigenvalue weighted by Crippen LogP contribution is 2.64. The van der Waals surface area contributed by atoms with Gasteiger partial charge in [-0.05, 0) is 56.3 Å². The Bertz CT molecular complexity index is 620. The SMILES string of the molecule is CC1(C)[C@H]2CC[C@@]1(CS(=O)(=O)NCCC1=CCCCC1)C(=O)C2. The van der Waals surface area contributed by atoms with Gasteiger partial charge in [-0.25, -0.2) is 13.1 Å². The lowest BCUT2D eigenvalue weighted by Gasteiger charge is -2.36. The van der Waals surface area contributed by atoms with E-state index < -0.39 is 15.4 Å². The summed E-state index contributed by atoms with van der Waals surface area (Å²) in [6.45, 7) is 4.62. The van der Waals surface area contributed by atoms with Gasteiger partial charge in [-0.2, -0.15) is 0 Å². The van der Waals surface area contributed by atoms with Gasteiger partial charge in [0.05, 0.1) is 5.75 Å². The molecule has 2 fully saturated rings. The second-order valence-electron chi connectivity index (χ2n) is 8.18. The molecule has 0 amide bonds. The fraction of sp³-hybridized carbons (Fsp3) is 0.833. The van der Waals surface area contributed by atoms with E-state index in [4.69, 9.17) is 0 Å². The topological polar surface area (TPSA) is 63.2 Å². The van der Waals surface area contributed by atoms with Gasteiger partial charge in [-0.15, -0.1) is 0 Å². The van der Waals surface area contributed by atoms with E-state index in [1.807, 2.05) is 0 Å². The Morgan fingerprint density at radius 3 is 2.65 bits per heavy atom. The number of nitrogens with one attached hydrogen (secondary N) is 1. The molecule has 1 N–H and O–H groups in total. The summed E-state index contributed by atoms with van der Waals surface area (Å²) in [6.07, 6.45) is 10.0. The molecule has 5 heteroatoms. The average Bonchev–Trinajstić information content (AvgIpc) is 2.82. The number of carbonyl (C=O) groups excluding carboxylic acids is 1. The van der Waals surface area contributed by atoms with Gasteiger partial charge in [0.25, 0.3) is 0 Å². The zero-order valence-electron chi connectivity index (χ0n) is 14.4. The number of hydrogen-bond donors (Lipinski definition) is 1. The van der Waals surface area contributed by atoms with Crippen LogP contribution in [0.3, 0.4) is 0 Å². The van der Waals surface area contributed by atoms with E-state index in [2.05, 4.69) is 24.6 Å². The summed E-state index contributed by atoms with van der Waals surface area (Å²) in [6, 6.07) is 0. The quantitative estimate of drug-likeness (QED) is 0.756. The molecule has 0 aromatic rings. The van der Waals surface area contributed by atoms with Crippen molar-refractivity contribution in [2.45, 2.75) is 65.2 Å². The van der Waals surface area contributed by atoms with Gasteiger partial charge in [0.2, 0.25) is 10.0 Å². The van der Waals surface area contributed by atoms with Gasteiger partial charge in [0.15, 0.2) is 0 Å². The molecule has 2 saturated carbocycles. The van der Waals surface area contributed by atoms with Crippen LogP contribution >= 0.6 is 0 Å². The maximum Gasteiger partial charge on any atom is 0.212 e.